The molecule has 20 heavy (non-hydrogen) atoms. The van der Waals surface area contributed by atoms with Crippen LogP contribution in [0.3, 0.4) is 0 Å². The van der Waals surface area contributed by atoms with Gasteiger partial charge in [-0.05, 0) is 20.3 Å². The van der Waals surface area contributed by atoms with Crippen LogP contribution in [0.25, 0.3) is 0 Å². The Bertz CT molecular complexity index is 661. The fourth-order valence-corrected chi connectivity index (χ4v) is 4.15. The van der Waals surface area contributed by atoms with Crippen molar-refractivity contribution in [1.82, 2.24) is 9.78 Å². The maximum Gasteiger partial charge on any atom is 0.455 e. The van der Waals surface area contributed by atoms with E-state index in [0.29, 0.717) is 6.42 Å². The molecule has 1 atom stereocenters. The van der Waals surface area contributed by atoms with E-state index in [9.17, 15) is 26.4 Å². The van der Waals surface area contributed by atoms with Crippen LogP contribution in [-0.4, -0.2) is 41.7 Å². The van der Waals surface area contributed by atoms with Crippen molar-refractivity contribution in [1.29, 1.82) is 0 Å². The largest absolute Gasteiger partial charge is 0.455 e. The van der Waals surface area contributed by atoms with E-state index in [-0.39, 0.29) is 22.9 Å². The molecule has 2 rings (SSSR count). The number of carbonyl (C=O) groups is 1. The van der Waals surface area contributed by atoms with Crippen LogP contribution in [0.15, 0.2) is 0 Å². The van der Waals surface area contributed by atoms with E-state index in [4.69, 9.17) is 0 Å². The Morgan fingerprint density at radius 2 is 1.95 bits per heavy atom. The maximum absolute atomic E-state index is 12.5. The molecule has 1 unspecified atom stereocenters. The van der Waals surface area contributed by atoms with Crippen LogP contribution in [-0.2, 0) is 9.84 Å². The number of aromatic nitrogens is 2. The Kier molecular flexibility index (Phi) is 3.43. The highest BCUT2D eigenvalue weighted by molar-refractivity contribution is 7.91. The molecule has 0 saturated carbocycles. The molecule has 0 aromatic carbocycles. The topological polar surface area (TPSA) is 69.0 Å². The number of sulfone groups is 1. The van der Waals surface area contributed by atoms with Gasteiger partial charge in [0.25, 0.3) is 5.78 Å². The maximum atomic E-state index is 12.5. The van der Waals surface area contributed by atoms with Gasteiger partial charge < -0.3 is 0 Å². The summed E-state index contributed by atoms with van der Waals surface area (Å²) in [7, 11) is -3.18. The highest BCUT2D eigenvalue weighted by Crippen LogP contribution is 2.30. The van der Waals surface area contributed by atoms with Crippen LogP contribution in [0.1, 0.15) is 34.2 Å². The molecule has 1 saturated heterocycles. The summed E-state index contributed by atoms with van der Waals surface area (Å²) in [5, 5.41) is 3.92. The van der Waals surface area contributed by atoms with Gasteiger partial charge in [0.2, 0.25) is 0 Å². The molecule has 0 spiro atoms. The number of aryl methyl sites for hydroxylation is 1. The Morgan fingerprint density at radius 1 is 1.35 bits per heavy atom. The average molecular weight is 310 g/mol. The number of nitrogens with zero attached hydrogens (tertiary/aromatic N) is 2. The van der Waals surface area contributed by atoms with Gasteiger partial charge in [0.05, 0.1) is 28.8 Å². The molecule has 0 aliphatic carbocycles. The third-order valence-electron chi connectivity index (χ3n) is 3.36. The molecule has 1 fully saturated rings. The Morgan fingerprint density at radius 3 is 2.40 bits per heavy atom. The van der Waals surface area contributed by atoms with Gasteiger partial charge >= 0.3 is 6.18 Å². The van der Waals surface area contributed by atoms with Gasteiger partial charge in [-0.25, -0.2) is 8.42 Å². The first kappa shape index (κ1) is 15.0. The zero-order valence-corrected chi connectivity index (χ0v) is 11.7. The molecule has 0 amide bonds. The highest BCUT2D eigenvalue weighted by atomic mass is 32.2. The van der Waals surface area contributed by atoms with Crippen molar-refractivity contribution >= 4 is 15.6 Å². The predicted octanol–water partition coefficient (Wildman–Crippen LogP) is 1.60. The molecule has 9 heteroatoms. The monoisotopic (exact) mass is 310 g/mol. The average Bonchev–Trinajstić information content (AvgIpc) is 2.77. The number of hydrogen-bond acceptors (Lipinski definition) is 4. The minimum absolute atomic E-state index is 0.0153. The molecule has 1 aromatic heterocycles. The van der Waals surface area contributed by atoms with Crippen molar-refractivity contribution in [3.63, 3.8) is 0 Å². The van der Waals surface area contributed by atoms with Crippen molar-refractivity contribution in [2.45, 2.75) is 32.5 Å². The number of rotatable bonds is 2. The first-order chi connectivity index (χ1) is 9.03. The SMILES string of the molecule is Cc1nn(C2CCS(=O)(=O)C2)c(C)c1C(=O)C(F)(F)F. The quantitative estimate of drug-likeness (QED) is 0.778. The molecular formula is C11H13F3N2O3S. The van der Waals surface area contributed by atoms with E-state index in [1.807, 2.05) is 0 Å². The highest BCUT2D eigenvalue weighted by Gasteiger charge is 2.43. The Hall–Kier alpha value is -1.38. The summed E-state index contributed by atoms with van der Waals surface area (Å²) in [6.07, 6.45) is -4.67. The first-order valence-corrected chi connectivity index (χ1v) is 7.73. The lowest BCUT2D eigenvalue weighted by Crippen LogP contribution is -2.24. The zero-order valence-electron chi connectivity index (χ0n) is 10.9. The van der Waals surface area contributed by atoms with Gasteiger partial charge in [-0.1, -0.05) is 0 Å². The first-order valence-electron chi connectivity index (χ1n) is 5.90. The predicted molar refractivity (Wildman–Crippen MR) is 64.4 cm³/mol. The van der Waals surface area contributed by atoms with Crippen LogP contribution in [0.4, 0.5) is 13.2 Å². The van der Waals surface area contributed by atoms with Gasteiger partial charge in [-0.3, -0.25) is 9.48 Å². The molecule has 0 N–H and O–H groups in total. The summed E-state index contributed by atoms with van der Waals surface area (Å²) >= 11 is 0. The summed E-state index contributed by atoms with van der Waals surface area (Å²) in [5.74, 6) is -2.12. The van der Waals surface area contributed by atoms with E-state index in [1.54, 1.807) is 0 Å². The Balaban J connectivity index is 2.43. The van der Waals surface area contributed by atoms with Crippen molar-refractivity contribution in [3.8, 4) is 0 Å². The lowest BCUT2D eigenvalue weighted by atomic mass is 10.1. The summed E-state index contributed by atoms with van der Waals surface area (Å²) in [4.78, 5) is 11.4. The molecule has 112 valence electrons. The van der Waals surface area contributed by atoms with Gasteiger partial charge in [-0.15, -0.1) is 0 Å². The normalized spacial score (nSPS) is 22.1. The number of halogens is 3. The van der Waals surface area contributed by atoms with Crippen molar-refractivity contribution in [2.75, 3.05) is 11.5 Å². The minimum Gasteiger partial charge on any atom is -0.284 e. The van der Waals surface area contributed by atoms with Crippen LogP contribution in [0, 0.1) is 13.8 Å². The Labute approximate surface area is 113 Å². The summed E-state index contributed by atoms with van der Waals surface area (Å²) in [5.41, 5.74) is -0.456. The van der Waals surface area contributed by atoms with Crippen molar-refractivity contribution in [2.24, 2.45) is 0 Å². The molecule has 1 aliphatic rings. The lowest BCUT2D eigenvalue weighted by molar-refractivity contribution is -0.0886. The number of ketones is 1. The summed E-state index contributed by atoms with van der Waals surface area (Å²) in [6, 6.07) is -0.506. The third-order valence-corrected chi connectivity index (χ3v) is 5.11. The van der Waals surface area contributed by atoms with Crippen LogP contribution >= 0.6 is 0 Å². The number of Topliss-reactive ketones (excluding diaryl/α,β-unsaturated/α-hetero) is 1. The smallest absolute Gasteiger partial charge is 0.284 e. The third kappa shape index (κ3) is 2.58. The number of hydrogen-bond donors (Lipinski definition) is 0. The molecule has 5 nitrogen and oxygen atoms in total. The van der Waals surface area contributed by atoms with E-state index in [2.05, 4.69) is 5.10 Å². The van der Waals surface area contributed by atoms with E-state index in [0.717, 1.165) is 0 Å². The van der Waals surface area contributed by atoms with E-state index in [1.165, 1.54) is 18.5 Å². The lowest BCUT2D eigenvalue weighted by Gasteiger charge is -2.11. The minimum atomic E-state index is -4.97. The second-order valence-corrected chi connectivity index (χ2v) is 7.10. The second kappa shape index (κ2) is 4.57. The molecular weight excluding hydrogens is 297 g/mol. The van der Waals surface area contributed by atoms with Crippen molar-refractivity contribution in [3.05, 3.63) is 17.0 Å². The van der Waals surface area contributed by atoms with Gasteiger partial charge in [0, 0.05) is 5.69 Å². The fraction of sp³-hybridized carbons (Fsp3) is 0.636. The molecule has 1 aliphatic heterocycles. The van der Waals surface area contributed by atoms with Gasteiger partial charge in [-0.2, -0.15) is 18.3 Å². The van der Waals surface area contributed by atoms with E-state index >= 15 is 0 Å². The van der Waals surface area contributed by atoms with Crippen LogP contribution < -0.4 is 0 Å². The molecule has 0 radical (unpaired) electrons. The van der Waals surface area contributed by atoms with Gasteiger partial charge in [0.15, 0.2) is 9.84 Å². The molecule has 2 heterocycles. The van der Waals surface area contributed by atoms with Crippen LogP contribution in [0.5, 0.6) is 0 Å². The van der Waals surface area contributed by atoms with E-state index < -0.39 is 33.4 Å². The summed E-state index contributed by atoms with van der Waals surface area (Å²) in [6.45, 7) is 2.66. The standard InChI is InChI=1S/C11H13F3N2O3S/c1-6-9(10(17)11(12,13)14)7(2)16(15-6)8-3-4-20(18,19)5-8/h8H,3-5H2,1-2H3. The second-order valence-electron chi connectivity index (χ2n) is 4.87. The molecule has 0 bridgehead atoms. The number of alkyl halides is 3. The fourth-order valence-electron chi connectivity index (χ4n) is 2.46. The number of carbonyl (C=O) groups excluding carboxylic acids is 1. The zero-order chi connectivity index (χ0) is 15.3. The van der Waals surface area contributed by atoms with Gasteiger partial charge in [0.1, 0.15) is 0 Å². The summed E-state index contributed by atoms with van der Waals surface area (Å²) < 4.78 is 61.6. The molecule has 1 aromatic rings. The van der Waals surface area contributed by atoms with Crippen LogP contribution in [0.2, 0.25) is 0 Å². The van der Waals surface area contributed by atoms with Crippen molar-refractivity contribution < 1.29 is 26.4 Å².